The van der Waals surface area contributed by atoms with Crippen molar-refractivity contribution >= 4 is 11.9 Å². The molecule has 1 N–H and O–H groups in total. The summed E-state index contributed by atoms with van der Waals surface area (Å²) in [6.45, 7) is 1.81. The van der Waals surface area contributed by atoms with Gasteiger partial charge < -0.3 is 4.52 Å². The molecule has 0 bridgehead atoms. The first kappa shape index (κ1) is 12.8. The second-order valence-electron chi connectivity index (χ2n) is 4.96. The molecule has 7 nitrogen and oxygen atoms in total. The first-order valence-electron chi connectivity index (χ1n) is 6.65. The number of rotatable bonds is 4. The average molecular weight is 274 g/mol. The van der Waals surface area contributed by atoms with Gasteiger partial charge in [0.15, 0.2) is 0 Å². The van der Waals surface area contributed by atoms with Gasteiger partial charge in [-0.05, 0) is 32.6 Å². The van der Waals surface area contributed by atoms with Crippen LogP contribution in [0, 0.1) is 13.3 Å². The Labute approximate surface area is 116 Å². The molecule has 2 aromatic rings. The molecule has 20 heavy (non-hydrogen) atoms. The number of anilines is 1. The third-order valence-electron chi connectivity index (χ3n) is 3.29. The summed E-state index contributed by atoms with van der Waals surface area (Å²) in [6, 6.07) is 2.10. The van der Waals surface area contributed by atoms with Crippen molar-refractivity contribution in [3.05, 3.63) is 30.3 Å². The Morgan fingerprint density at radius 1 is 1.60 bits per heavy atom. The van der Waals surface area contributed by atoms with E-state index in [1.807, 2.05) is 11.6 Å². The lowest BCUT2D eigenvalue weighted by molar-refractivity contribution is -0.115. The molecule has 1 saturated carbocycles. The largest absolute Gasteiger partial charge is 0.361 e. The van der Waals surface area contributed by atoms with Crippen LogP contribution in [0.5, 0.6) is 0 Å². The van der Waals surface area contributed by atoms with Gasteiger partial charge in [-0.1, -0.05) is 5.16 Å². The summed E-state index contributed by atoms with van der Waals surface area (Å²) >= 11 is 0. The van der Waals surface area contributed by atoms with Gasteiger partial charge in [0, 0.05) is 6.07 Å². The van der Waals surface area contributed by atoms with Crippen molar-refractivity contribution in [1.29, 1.82) is 0 Å². The average Bonchev–Trinajstić information content (AvgIpc) is 3.10. The number of aromatic nitrogens is 4. The normalized spacial score (nSPS) is 15.7. The zero-order valence-electron chi connectivity index (χ0n) is 11.2. The maximum absolute atomic E-state index is 11.8. The van der Waals surface area contributed by atoms with E-state index in [4.69, 9.17) is 4.52 Å². The number of nitrogens with one attached hydrogen (secondary N) is 1. The van der Waals surface area contributed by atoms with Crippen LogP contribution in [-0.2, 0) is 11.2 Å². The van der Waals surface area contributed by atoms with Crippen LogP contribution in [-0.4, -0.2) is 25.8 Å². The predicted octanol–water partition coefficient (Wildman–Crippen LogP) is 1.69. The van der Waals surface area contributed by atoms with E-state index in [1.54, 1.807) is 12.4 Å². The van der Waals surface area contributed by atoms with Crippen LogP contribution in [0.15, 0.2) is 16.9 Å². The maximum atomic E-state index is 11.8. The fourth-order valence-corrected chi connectivity index (χ4v) is 2.31. The highest BCUT2D eigenvalue weighted by molar-refractivity contribution is 5.90. The Bertz CT molecular complexity index is 597. The van der Waals surface area contributed by atoms with Crippen molar-refractivity contribution in [2.75, 3.05) is 5.32 Å². The summed E-state index contributed by atoms with van der Waals surface area (Å²) in [5.41, 5.74) is 0.757. The Kier molecular flexibility index (Phi) is 3.49. The number of hydrogen-bond acceptors (Lipinski definition) is 5. The smallest absolute Gasteiger partial charge is 0.248 e. The van der Waals surface area contributed by atoms with E-state index < -0.39 is 0 Å². The minimum absolute atomic E-state index is 0.132. The molecule has 7 heteroatoms. The highest BCUT2D eigenvalue weighted by atomic mass is 16.5. The lowest BCUT2D eigenvalue weighted by Gasteiger charge is -2.07. The van der Waals surface area contributed by atoms with Gasteiger partial charge in [-0.3, -0.25) is 10.1 Å². The number of carbonyl (C=O) groups is 1. The SMILES string of the molecule is Cc1cc(CC(=O)Nc2ncn([C@H]3C[CH]CC3)n2)on1. The van der Waals surface area contributed by atoms with Gasteiger partial charge in [0.05, 0.1) is 18.2 Å². The summed E-state index contributed by atoms with van der Waals surface area (Å²) in [5, 5.41) is 10.7. The van der Waals surface area contributed by atoms with Crippen molar-refractivity contribution < 1.29 is 9.32 Å². The third-order valence-corrected chi connectivity index (χ3v) is 3.29. The molecule has 1 radical (unpaired) electrons. The van der Waals surface area contributed by atoms with Gasteiger partial charge in [0.2, 0.25) is 11.9 Å². The van der Waals surface area contributed by atoms with Crippen molar-refractivity contribution in [3.63, 3.8) is 0 Å². The molecule has 1 fully saturated rings. The Balaban J connectivity index is 1.58. The van der Waals surface area contributed by atoms with Gasteiger partial charge in [-0.15, -0.1) is 5.10 Å². The topological polar surface area (TPSA) is 85.8 Å². The fourth-order valence-electron chi connectivity index (χ4n) is 2.31. The van der Waals surface area contributed by atoms with Crippen molar-refractivity contribution in [2.45, 2.75) is 38.6 Å². The van der Waals surface area contributed by atoms with Crippen LogP contribution in [0.1, 0.15) is 36.8 Å². The van der Waals surface area contributed by atoms with Gasteiger partial charge in [-0.25, -0.2) is 9.67 Å². The van der Waals surface area contributed by atoms with E-state index in [0.717, 1.165) is 25.0 Å². The summed E-state index contributed by atoms with van der Waals surface area (Å²) in [7, 11) is 0. The molecule has 2 heterocycles. The van der Waals surface area contributed by atoms with Crippen LogP contribution < -0.4 is 5.32 Å². The monoisotopic (exact) mass is 274 g/mol. The second kappa shape index (κ2) is 5.44. The molecule has 1 aliphatic carbocycles. The lowest BCUT2D eigenvalue weighted by Crippen LogP contribution is -2.15. The quantitative estimate of drug-likeness (QED) is 0.916. The molecule has 0 spiro atoms. The van der Waals surface area contributed by atoms with Gasteiger partial charge in [0.25, 0.3) is 0 Å². The van der Waals surface area contributed by atoms with Crippen molar-refractivity contribution in [1.82, 2.24) is 19.9 Å². The van der Waals surface area contributed by atoms with Crippen molar-refractivity contribution in [3.8, 4) is 0 Å². The van der Waals surface area contributed by atoms with Crippen LogP contribution in [0.2, 0.25) is 0 Å². The molecule has 3 rings (SSSR count). The molecule has 1 aliphatic rings. The summed E-state index contributed by atoms with van der Waals surface area (Å²) < 4.78 is 6.82. The highest BCUT2D eigenvalue weighted by Gasteiger charge is 2.19. The third kappa shape index (κ3) is 2.87. The summed E-state index contributed by atoms with van der Waals surface area (Å²) in [6.07, 6.45) is 7.24. The predicted molar refractivity (Wildman–Crippen MR) is 70.8 cm³/mol. The molecule has 1 amide bonds. The first-order chi connectivity index (χ1) is 9.70. The summed E-state index contributed by atoms with van der Waals surface area (Å²) in [4.78, 5) is 15.9. The molecule has 0 aliphatic heterocycles. The molecular weight excluding hydrogens is 258 g/mol. The first-order valence-corrected chi connectivity index (χ1v) is 6.65. The van der Waals surface area contributed by atoms with Crippen molar-refractivity contribution in [2.24, 2.45) is 0 Å². The Hall–Kier alpha value is -2.18. The number of carbonyl (C=O) groups excluding carboxylic acids is 1. The van der Waals surface area contributed by atoms with Gasteiger partial charge in [-0.2, -0.15) is 0 Å². The zero-order chi connectivity index (χ0) is 13.9. The molecule has 0 saturated heterocycles. The van der Waals surface area contributed by atoms with E-state index in [9.17, 15) is 4.79 Å². The molecule has 0 aromatic carbocycles. The molecular formula is C13H16N5O2. The second-order valence-corrected chi connectivity index (χ2v) is 4.96. The fraction of sp³-hybridized carbons (Fsp3) is 0.462. The van der Waals surface area contributed by atoms with E-state index in [1.165, 1.54) is 0 Å². The van der Waals surface area contributed by atoms with E-state index >= 15 is 0 Å². The number of nitrogens with zero attached hydrogens (tertiary/aromatic N) is 4. The number of hydrogen-bond donors (Lipinski definition) is 1. The molecule has 0 unspecified atom stereocenters. The maximum Gasteiger partial charge on any atom is 0.248 e. The van der Waals surface area contributed by atoms with Crippen LogP contribution in [0.3, 0.4) is 0 Å². The van der Waals surface area contributed by atoms with Gasteiger partial charge in [0.1, 0.15) is 12.1 Å². The van der Waals surface area contributed by atoms with E-state index in [-0.39, 0.29) is 12.3 Å². The number of amides is 1. The van der Waals surface area contributed by atoms with Crippen LogP contribution in [0.4, 0.5) is 5.95 Å². The standard InChI is InChI=1S/C13H16N5O2/c1-9-6-11(20-17-9)7-12(19)15-13-14-8-18(16-13)10-4-2-3-5-10/h2,6,8,10H,3-5,7H2,1H3,(H,15,16,19)/t10-/m0/s1. The molecule has 2 aromatic heterocycles. The Morgan fingerprint density at radius 3 is 3.20 bits per heavy atom. The van der Waals surface area contributed by atoms with E-state index in [0.29, 0.717) is 17.8 Å². The van der Waals surface area contributed by atoms with Crippen LogP contribution >= 0.6 is 0 Å². The van der Waals surface area contributed by atoms with Gasteiger partial charge >= 0.3 is 0 Å². The van der Waals surface area contributed by atoms with Crippen LogP contribution in [0.25, 0.3) is 0 Å². The summed E-state index contributed by atoms with van der Waals surface area (Å²) in [5.74, 6) is 0.653. The number of aryl methyl sites for hydroxylation is 1. The van der Waals surface area contributed by atoms with E-state index in [2.05, 4.69) is 27.0 Å². The lowest BCUT2D eigenvalue weighted by atomic mass is 10.3. The molecule has 1 atom stereocenters. The molecule has 105 valence electrons. The highest BCUT2D eigenvalue weighted by Crippen LogP contribution is 2.27. The minimum Gasteiger partial charge on any atom is -0.361 e. The minimum atomic E-state index is -0.211. The Morgan fingerprint density at radius 2 is 2.50 bits per heavy atom. The zero-order valence-corrected chi connectivity index (χ0v) is 11.2.